The summed E-state index contributed by atoms with van der Waals surface area (Å²) in [6.45, 7) is 2.67. The van der Waals surface area contributed by atoms with Gasteiger partial charge < -0.3 is 5.73 Å². The molecule has 1 aliphatic carbocycles. The number of aryl methyl sites for hydroxylation is 1. The smallest absolute Gasteiger partial charge is 0.131 e. The van der Waals surface area contributed by atoms with Crippen LogP contribution < -0.4 is 5.73 Å². The van der Waals surface area contributed by atoms with Gasteiger partial charge in [-0.05, 0) is 19.3 Å². The van der Waals surface area contributed by atoms with Crippen LogP contribution in [0.2, 0.25) is 0 Å². The van der Waals surface area contributed by atoms with Gasteiger partial charge in [-0.3, -0.25) is 0 Å². The Morgan fingerprint density at radius 2 is 2.13 bits per heavy atom. The Morgan fingerprint density at radius 1 is 1.40 bits per heavy atom. The second-order valence-corrected chi connectivity index (χ2v) is 4.24. The summed E-state index contributed by atoms with van der Waals surface area (Å²) in [5.41, 5.74) is 7.88. The highest BCUT2D eigenvalue weighted by molar-refractivity contribution is 5.18. The first-order valence-corrected chi connectivity index (χ1v) is 5.90. The van der Waals surface area contributed by atoms with E-state index in [2.05, 4.69) is 16.9 Å². The maximum absolute atomic E-state index is 5.65. The third-order valence-corrected chi connectivity index (χ3v) is 3.25. The fourth-order valence-corrected chi connectivity index (χ4v) is 2.31. The molecule has 3 heteroatoms. The molecule has 1 aromatic rings. The van der Waals surface area contributed by atoms with E-state index in [1.54, 1.807) is 0 Å². The summed E-state index contributed by atoms with van der Waals surface area (Å²) in [6, 6.07) is 0. The maximum Gasteiger partial charge on any atom is 0.131 e. The highest BCUT2D eigenvalue weighted by atomic mass is 14.9. The third-order valence-electron chi connectivity index (χ3n) is 3.25. The van der Waals surface area contributed by atoms with Crippen molar-refractivity contribution in [2.24, 2.45) is 5.73 Å². The van der Waals surface area contributed by atoms with Crippen molar-refractivity contribution in [3.05, 3.63) is 23.3 Å². The third kappa shape index (κ3) is 2.17. The Labute approximate surface area is 91.1 Å². The van der Waals surface area contributed by atoms with Crippen LogP contribution in [0, 0.1) is 0 Å². The van der Waals surface area contributed by atoms with Gasteiger partial charge in [0.2, 0.25) is 0 Å². The molecule has 0 spiro atoms. The van der Waals surface area contributed by atoms with Crippen LogP contribution in [0.25, 0.3) is 0 Å². The van der Waals surface area contributed by atoms with E-state index in [9.17, 15) is 0 Å². The number of nitrogens with zero attached hydrogens (tertiary/aromatic N) is 2. The predicted molar refractivity (Wildman–Crippen MR) is 60.5 cm³/mol. The van der Waals surface area contributed by atoms with E-state index < -0.39 is 0 Å². The summed E-state index contributed by atoms with van der Waals surface area (Å²) >= 11 is 0. The largest absolute Gasteiger partial charge is 0.326 e. The molecule has 2 N–H and O–H groups in total. The van der Waals surface area contributed by atoms with Crippen LogP contribution in [0.5, 0.6) is 0 Å². The molecule has 1 saturated carbocycles. The minimum absolute atomic E-state index is 0.550. The minimum Gasteiger partial charge on any atom is -0.326 e. The number of hydrogen-bond donors (Lipinski definition) is 1. The molecular formula is C12H19N3. The van der Waals surface area contributed by atoms with E-state index in [4.69, 9.17) is 5.73 Å². The Hall–Kier alpha value is -0.960. The standard InChI is InChI=1S/C12H19N3/c1-2-11-10(7-13)8-14-12(15-11)9-5-3-4-6-9/h8-9H,2-7,13H2,1H3. The molecular weight excluding hydrogens is 186 g/mol. The monoisotopic (exact) mass is 205 g/mol. The summed E-state index contributed by atoms with van der Waals surface area (Å²) in [7, 11) is 0. The SMILES string of the molecule is CCc1nc(C2CCCC2)ncc1CN. The molecule has 1 aromatic heterocycles. The molecule has 15 heavy (non-hydrogen) atoms. The van der Waals surface area contributed by atoms with Gasteiger partial charge in [0.25, 0.3) is 0 Å². The van der Waals surface area contributed by atoms with Crippen molar-refractivity contribution in [2.75, 3.05) is 0 Å². The molecule has 0 atom stereocenters. The zero-order chi connectivity index (χ0) is 10.7. The Kier molecular flexibility index (Phi) is 3.31. The van der Waals surface area contributed by atoms with Crippen molar-refractivity contribution >= 4 is 0 Å². The summed E-state index contributed by atoms with van der Waals surface area (Å²) < 4.78 is 0. The lowest BCUT2D eigenvalue weighted by molar-refractivity contribution is 0.656. The Morgan fingerprint density at radius 3 is 2.73 bits per heavy atom. The van der Waals surface area contributed by atoms with Crippen LogP contribution >= 0.6 is 0 Å². The molecule has 0 amide bonds. The summed E-state index contributed by atoms with van der Waals surface area (Å²) in [4.78, 5) is 9.10. The van der Waals surface area contributed by atoms with Crippen LogP contribution in [0.4, 0.5) is 0 Å². The van der Waals surface area contributed by atoms with Crippen LogP contribution in [0.3, 0.4) is 0 Å². The zero-order valence-corrected chi connectivity index (χ0v) is 9.37. The molecule has 0 bridgehead atoms. The van der Waals surface area contributed by atoms with Crippen LogP contribution in [-0.2, 0) is 13.0 Å². The first-order chi connectivity index (χ1) is 7.35. The molecule has 0 aromatic carbocycles. The van der Waals surface area contributed by atoms with Crippen molar-refractivity contribution in [2.45, 2.75) is 51.5 Å². The Bertz CT molecular complexity index is 330. The lowest BCUT2D eigenvalue weighted by Crippen LogP contribution is -2.09. The van der Waals surface area contributed by atoms with Gasteiger partial charge in [-0.15, -0.1) is 0 Å². The fraction of sp³-hybridized carbons (Fsp3) is 0.667. The van der Waals surface area contributed by atoms with Gasteiger partial charge in [0.05, 0.1) is 0 Å². The molecule has 3 nitrogen and oxygen atoms in total. The average molecular weight is 205 g/mol. The number of nitrogens with two attached hydrogens (primary N) is 1. The van der Waals surface area contributed by atoms with Gasteiger partial charge in [-0.1, -0.05) is 19.8 Å². The van der Waals surface area contributed by atoms with Crippen molar-refractivity contribution < 1.29 is 0 Å². The summed E-state index contributed by atoms with van der Waals surface area (Å²) in [5, 5.41) is 0. The topological polar surface area (TPSA) is 51.8 Å². The first-order valence-electron chi connectivity index (χ1n) is 5.90. The normalized spacial score (nSPS) is 17.2. The van der Waals surface area contributed by atoms with Gasteiger partial charge in [-0.2, -0.15) is 0 Å². The van der Waals surface area contributed by atoms with E-state index in [1.165, 1.54) is 25.7 Å². The molecule has 1 aliphatic rings. The van der Waals surface area contributed by atoms with Gasteiger partial charge in [-0.25, -0.2) is 9.97 Å². The zero-order valence-electron chi connectivity index (χ0n) is 9.37. The second kappa shape index (κ2) is 4.71. The van der Waals surface area contributed by atoms with Crippen LogP contribution in [-0.4, -0.2) is 9.97 Å². The molecule has 0 unspecified atom stereocenters. The summed E-state index contributed by atoms with van der Waals surface area (Å²) in [6.07, 6.45) is 8.03. The van der Waals surface area contributed by atoms with E-state index >= 15 is 0 Å². The average Bonchev–Trinajstić information content (AvgIpc) is 2.81. The van der Waals surface area contributed by atoms with Gasteiger partial charge in [0, 0.05) is 29.9 Å². The maximum atomic E-state index is 5.65. The van der Waals surface area contributed by atoms with Crippen molar-refractivity contribution in [3.63, 3.8) is 0 Å². The lowest BCUT2D eigenvalue weighted by Gasteiger charge is -2.11. The van der Waals surface area contributed by atoms with Gasteiger partial charge in [0.1, 0.15) is 5.82 Å². The van der Waals surface area contributed by atoms with Crippen LogP contribution in [0.1, 0.15) is 55.6 Å². The number of hydrogen-bond acceptors (Lipinski definition) is 3. The molecule has 0 saturated heterocycles. The molecule has 1 fully saturated rings. The molecule has 0 aliphatic heterocycles. The molecule has 82 valence electrons. The lowest BCUT2D eigenvalue weighted by atomic mass is 10.1. The van der Waals surface area contributed by atoms with E-state index in [0.29, 0.717) is 12.5 Å². The van der Waals surface area contributed by atoms with E-state index in [1.807, 2.05) is 6.20 Å². The fourth-order valence-electron chi connectivity index (χ4n) is 2.31. The molecule has 0 radical (unpaired) electrons. The first kappa shape index (κ1) is 10.6. The summed E-state index contributed by atoms with van der Waals surface area (Å²) in [5.74, 6) is 1.64. The predicted octanol–water partition coefficient (Wildman–Crippen LogP) is 2.16. The van der Waals surface area contributed by atoms with Crippen molar-refractivity contribution in [3.8, 4) is 0 Å². The molecule has 1 heterocycles. The number of aromatic nitrogens is 2. The highest BCUT2D eigenvalue weighted by Gasteiger charge is 2.20. The minimum atomic E-state index is 0.550. The second-order valence-electron chi connectivity index (χ2n) is 4.24. The van der Waals surface area contributed by atoms with Gasteiger partial charge in [0.15, 0.2) is 0 Å². The Balaban J connectivity index is 2.25. The van der Waals surface area contributed by atoms with E-state index in [0.717, 1.165) is 23.5 Å². The number of rotatable bonds is 3. The van der Waals surface area contributed by atoms with E-state index in [-0.39, 0.29) is 0 Å². The molecule has 2 rings (SSSR count). The highest BCUT2D eigenvalue weighted by Crippen LogP contribution is 2.32. The van der Waals surface area contributed by atoms with Crippen LogP contribution in [0.15, 0.2) is 6.20 Å². The van der Waals surface area contributed by atoms with Crippen molar-refractivity contribution in [1.29, 1.82) is 0 Å². The van der Waals surface area contributed by atoms with Crippen molar-refractivity contribution in [1.82, 2.24) is 9.97 Å². The quantitative estimate of drug-likeness (QED) is 0.822. The van der Waals surface area contributed by atoms with Gasteiger partial charge >= 0.3 is 0 Å².